The molecule has 0 atom stereocenters. The summed E-state index contributed by atoms with van der Waals surface area (Å²) in [5.41, 5.74) is 2.59. The Morgan fingerprint density at radius 1 is 1.10 bits per heavy atom. The highest BCUT2D eigenvalue weighted by atomic mass is 79.9. The van der Waals surface area contributed by atoms with Crippen molar-refractivity contribution in [3.05, 3.63) is 93.9 Å². The molecule has 0 saturated heterocycles. The molecule has 0 saturated carbocycles. The highest BCUT2D eigenvalue weighted by molar-refractivity contribution is 9.10. The number of ether oxygens (including phenoxy) is 1. The Labute approximate surface area is 175 Å². The fourth-order valence-electron chi connectivity index (χ4n) is 3.11. The first-order valence-electron chi connectivity index (χ1n) is 8.95. The SMILES string of the molecule is COc1ccc(C(=O)c2oc3ccccc3c2NCc2ccc(F)cc2)cc1Br. The summed E-state index contributed by atoms with van der Waals surface area (Å²) in [6.07, 6.45) is 0. The summed E-state index contributed by atoms with van der Waals surface area (Å²) >= 11 is 3.41. The van der Waals surface area contributed by atoms with Crippen LogP contribution in [0.3, 0.4) is 0 Å². The van der Waals surface area contributed by atoms with Crippen molar-refractivity contribution in [3.8, 4) is 5.75 Å². The number of benzene rings is 3. The summed E-state index contributed by atoms with van der Waals surface area (Å²) in [5, 5.41) is 4.10. The molecule has 0 aliphatic carbocycles. The number of hydrogen-bond donors (Lipinski definition) is 1. The zero-order valence-electron chi connectivity index (χ0n) is 15.5. The summed E-state index contributed by atoms with van der Waals surface area (Å²) in [5.74, 6) is 0.334. The van der Waals surface area contributed by atoms with E-state index in [1.807, 2.05) is 24.3 Å². The van der Waals surface area contributed by atoms with Crippen LogP contribution < -0.4 is 10.1 Å². The number of carbonyl (C=O) groups is 1. The van der Waals surface area contributed by atoms with Crippen molar-refractivity contribution >= 4 is 38.4 Å². The molecule has 0 fully saturated rings. The maximum Gasteiger partial charge on any atom is 0.230 e. The Kier molecular flexibility index (Phi) is 5.36. The first-order valence-corrected chi connectivity index (χ1v) is 9.74. The van der Waals surface area contributed by atoms with E-state index in [1.165, 1.54) is 12.1 Å². The van der Waals surface area contributed by atoms with Crippen LogP contribution in [-0.4, -0.2) is 12.9 Å². The molecule has 0 amide bonds. The number of furan rings is 1. The van der Waals surface area contributed by atoms with Gasteiger partial charge in [-0.1, -0.05) is 24.3 Å². The van der Waals surface area contributed by atoms with E-state index < -0.39 is 0 Å². The molecule has 146 valence electrons. The predicted molar refractivity (Wildman–Crippen MR) is 114 cm³/mol. The molecule has 0 radical (unpaired) electrons. The number of halogens is 2. The Balaban J connectivity index is 1.71. The lowest BCUT2D eigenvalue weighted by atomic mass is 10.1. The summed E-state index contributed by atoms with van der Waals surface area (Å²) in [6.45, 7) is 0.427. The van der Waals surface area contributed by atoms with Gasteiger partial charge in [-0.3, -0.25) is 4.79 Å². The lowest BCUT2D eigenvalue weighted by Crippen LogP contribution is -2.06. The van der Waals surface area contributed by atoms with Crippen LogP contribution in [0.1, 0.15) is 21.7 Å². The van der Waals surface area contributed by atoms with Gasteiger partial charge in [-0.15, -0.1) is 0 Å². The second-order valence-electron chi connectivity index (χ2n) is 6.46. The predicted octanol–water partition coefficient (Wildman–Crippen LogP) is 6.19. The van der Waals surface area contributed by atoms with Crippen molar-refractivity contribution in [2.75, 3.05) is 12.4 Å². The van der Waals surface area contributed by atoms with E-state index in [-0.39, 0.29) is 17.4 Å². The summed E-state index contributed by atoms with van der Waals surface area (Å²) in [6, 6.07) is 18.8. The molecule has 1 aromatic heterocycles. The van der Waals surface area contributed by atoms with Gasteiger partial charge in [-0.2, -0.15) is 0 Å². The number of carbonyl (C=O) groups excluding carboxylic acids is 1. The summed E-state index contributed by atoms with van der Waals surface area (Å²) in [7, 11) is 1.57. The quantitative estimate of drug-likeness (QED) is 0.353. The largest absolute Gasteiger partial charge is 0.496 e. The van der Waals surface area contributed by atoms with Gasteiger partial charge in [0.15, 0.2) is 5.76 Å². The second kappa shape index (κ2) is 8.09. The molecule has 0 bridgehead atoms. The first-order chi connectivity index (χ1) is 14.1. The fraction of sp³-hybridized carbons (Fsp3) is 0.0870. The Bertz CT molecular complexity index is 1180. The van der Waals surface area contributed by atoms with E-state index in [9.17, 15) is 9.18 Å². The number of ketones is 1. The van der Waals surface area contributed by atoms with E-state index in [2.05, 4.69) is 21.2 Å². The van der Waals surface area contributed by atoms with Crippen LogP contribution in [0.5, 0.6) is 5.75 Å². The minimum absolute atomic E-state index is 0.227. The molecular formula is C23H17BrFNO3. The van der Waals surface area contributed by atoms with E-state index in [0.717, 1.165) is 10.9 Å². The summed E-state index contributed by atoms with van der Waals surface area (Å²) < 4.78 is 25.0. The van der Waals surface area contributed by atoms with Crippen LogP contribution in [0, 0.1) is 5.82 Å². The number of hydrogen-bond acceptors (Lipinski definition) is 4. The lowest BCUT2D eigenvalue weighted by molar-refractivity contribution is 0.101. The van der Waals surface area contributed by atoms with E-state index in [0.29, 0.717) is 33.6 Å². The van der Waals surface area contributed by atoms with Crippen LogP contribution in [0.15, 0.2) is 75.6 Å². The third-order valence-electron chi connectivity index (χ3n) is 4.60. The van der Waals surface area contributed by atoms with Gasteiger partial charge in [-0.05, 0) is 64.0 Å². The Hall–Kier alpha value is -3.12. The number of rotatable bonds is 6. The van der Waals surface area contributed by atoms with Gasteiger partial charge in [0.2, 0.25) is 5.78 Å². The molecule has 0 aliphatic rings. The third-order valence-corrected chi connectivity index (χ3v) is 5.22. The number of methoxy groups -OCH3 is 1. The van der Waals surface area contributed by atoms with Crippen LogP contribution in [-0.2, 0) is 6.54 Å². The maximum absolute atomic E-state index is 13.2. The number of anilines is 1. The molecule has 1 heterocycles. The van der Waals surface area contributed by atoms with Gasteiger partial charge in [-0.25, -0.2) is 4.39 Å². The van der Waals surface area contributed by atoms with Crippen molar-refractivity contribution < 1.29 is 18.3 Å². The monoisotopic (exact) mass is 453 g/mol. The van der Waals surface area contributed by atoms with E-state index in [1.54, 1.807) is 37.4 Å². The molecule has 29 heavy (non-hydrogen) atoms. The molecule has 6 heteroatoms. The molecular weight excluding hydrogens is 437 g/mol. The molecule has 1 N–H and O–H groups in total. The molecule has 0 spiro atoms. The highest BCUT2D eigenvalue weighted by Crippen LogP contribution is 2.34. The molecule has 0 aliphatic heterocycles. The van der Waals surface area contributed by atoms with Crippen molar-refractivity contribution in [3.63, 3.8) is 0 Å². The smallest absolute Gasteiger partial charge is 0.230 e. The van der Waals surface area contributed by atoms with Crippen molar-refractivity contribution in [1.82, 2.24) is 0 Å². The minimum atomic E-state index is -0.288. The second-order valence-corrected chi connectivity index (χ2v) is 7.32. The van der Waals surface area contributed by atoms with Crippen LogP contribution >= 0.6 is 15.9 Å². The Morgan fingerprint density at radius 3 is 2.59 bits per heavy atom. The Morgan fingerprint density at radius 2 is 1.86 bits per heavy atom. The first kappa shape index (κ1) is 19.2. The van der Waals surface area contributed by atoms with Crippen molar-refractivity contribution in [1.29, 1.82) is 0 Å². The van der Waals surface area contributed by atoms with Gasteiger partial charge < -0.3 is 14.5 Å². The highest BCUT2D eigenvalue weighted by Gasteiger charge is 2.22. The van der Waals surface area contributed by atoms with Gasteiger partial charge in [0.05, 0.1) is 17.3 Å². The van der Waals surface area contributed by atoms with E-state index in [4.69, 9.17) is 9.15 Å². The molecule has 4 nitrogen and oxygen atoms in total. The van der Waals surface area contributed by atoms with Crippen molar-refractivity contribution in [2.45, 2.75) is 6.54 Å². The molecule has 3 aromatic carbocycles. The zero-order valence-corrected chi connectivity index (χ0v) is 17.1. The third kappa shape index (κ3) is 3.89. The minimum Gasteiger partial charge on any atom is -0.496 e. The van der Waals surface area contributed by atoms with Gasteiger partial charge in [0, 0.05) is 17.5 Å². The van der Waals surface area contributed by atoms with Crippen LogP contribution in [0.25, 0.3) is 11.0 Å². The lowest BCUT2D eigenvalue weighted by Gasteiger charge is -2.08. The average Bonchev–Trinajstić information content (AvgIpc) is 3.11. The van der Waals surface area contributed by atoms with Crippen LogP contribution in [0.2, 0.25) is 0 Å². The molecule has 4 aromatic rings. The molecule has 4 rings (SSSR count). The normalized spacial score (nSPS) is 10.9. The zero-order chi connectivity index (χ0) is 20.4. The maximum atomic E-state index is 13.2. The van der Waals surface area contributed by atoms with Gasteiger partial charge in [0.25, 0.3) is 0 Å². The van der Waals surface area contributed by atoms with Gasteiger partial charge >= 0.3 is 0 Å². The average molecular weight is 454 g/mol. The molecule has 0 unspecified atom stereocenters. The standard InChI is InChI=1S/C23H17BrFNO3/c1-28-20-11-8-15(12-18(20)24)22(27)23-21(17-4-2-3-5-19(17)29-23)26-13-14-6-9-16(25)10-7-14/h2-12,26H,13H2,1H3. The van der Waals surface area contributed by atoms with Crippen molar-refractivity contribution in [2.24, 2.45) is 0 Å². The number of para-hydroxylation sites is 1. The van der Waals surface area contributed by atoms with Gasteiger partial charge in [0.1, 0.15) is 17.1 Å². The number of fused-ring (bicyclic) bond motifs is 1. The van der Waals surface area contributed by atoms with E-state index >= 15 is 0 Å². The topological polar surface area (TPSA) is 51.5 Å². The fourth-order valence-corrected chi connectivity index (χ4v) is 3.65. The summed E-state index contributed by atoms with van der Waals surface area (Å²) in [4.78, 5) is 13.2. The number of nitrogens with one attached hydrogen (secondary N) is 1. The van der Waals surface area contributed by atoms with Crippen LogP contribution in [0.4, 0.5) is 10.1 Å².